The number of H-pyrrole nitrogens is 1. The number of pyridine rings is 1. The zero-order valence-electron chi connectivity index (χ0n) is 23.2. The van der Waals surface area contributed by atoms with Crippen molar-refractivity contribution < 1.29 is 57.5 Å². The van der Waals surface area contributed by atoms with E-state index in [9.17, 15) is 9.59 Å². The second-order valence-corrected chi connectivity index (χ2v) is 9.20. The fourth-order valence-corrected chi connectivity index (χ4v) is 4.66. The van der Waals surface area contributed by atoms with Gasteiger partial charge in [0.1, 0.15) is 0 Å². The molecule has 2 N–H and O–H groups in total. The number of hydrogen-bond acceptors (Lipinski definition) is 6. The maximum atomic E-state index is 13.7. The van der Waals surface area contributed by atoms with Crippen LogP contribution in [0.5, 0.6) is 23.0 Å². The van der Waals surface area contributed by atoms with Crippen LogP contribution in [0, 0.1) is 6.92 Å². The highest BCUT2D eigenvalue weighted by atomic mass is 127. The van der Waals surface area contributed by atoms with Gasteiger partial charge in [-0.2, -0.15) is 0 Å². The fourth-order valence-electron chi connectivity index (χ4n) is 4.66. The molecule has 1 saturated carbocycles. The van der Waals surface area contributed by atoms with Gasteiger partial charge in [-0.15, -0.1) is 0 Å². The summed E-state index contributed by atoms with van der Waals surface area (Å²) in [4.78, 5) is 29.8. The van der Waals surface area contributed by atoms with E-state index in [-0.39, 0.29) is 41.7 Å². The van der Waals surface area contributed by atoms with Gasteiger partial charge < -0.3 is 48.2 Å². The number of methoxy groups -OCH3 is 4. The molecule has 1 aliphatic carbocycles. The second kappa shape index (κ2) is 14.0. The minimum absolute atomic E-state index is 0. The summed E-state index contributed by atoms with van der Waals surface area (Å²) in [7, 11) is 6.29. The molecule has 9 heteroatoms. The number of nitrogens with one attached hydrogen (secondary N) is 2. The number of benzene rings is 2. The van der Waals surface area contributed by atoms with Crippen molar-refractivity contribution in [2.75, 3.05) is 28.4 Å². The maximum absolute atomic E-state index is 13.7. The number of aromatic amines is 1. The predicted octanol–water partition coefficient (Wildman–Crippen LogP) is 1.48. The number of carbonyl (C=O) groups is 2. The molecule has 1 amide bonds. The van der Waals surface area contributed by atoms with Crippen LogP contribution in [0.3, 0.4) is 0 Å². The number of hydrogen-bond donors (Lipinski definition) is 1. The molecule has 0 atom stereocenters. The second-order valence-electron chi connectivity index (χ2n) is 9.20. The van der Waals surface area contributed by atoms with E-state index < -0.39 is 0 Å². The van der Waals surface area contributed by atoms with Crippen molar-refractivity contribution in [3.63, 3.8) is 0 Å². The third-order valence-corrected chi connectivity index (χ3v) is 6.64. The van der Waals surface area contributed by atoms with Gasteiger partial charge in [-0.25, -0.2) is 4.98 Å². The summed E-state index contributed by atoms with van der Waals surface area (Å²) in [5.74, 6) is 2.04. The SMILES string of the molecule is COc1ccc(/C=C2\CC(NC(=O)c3[nH+]cccc3C)C/C(=C\c3ccc(OC)c(OC)c3)C2=O)cc1OC.[I-]. The summed E-state index contributed by atoms with van der Waals surface area (Å²) in [6, 6.07) is 14.4. The maximum Gasteiger partial charge on any atom is 0.316 e. The first-order valence-electron chi connectivity index (χ1n) is 12.5. The molecule has 210 valence electrons. The highest BCUT2D eigenvalue weighted by Gasteiger charge is 2.30. The lowest BCUT2D eigenvalue weighted by Crippen LogP contribution is -3.00. The monoisotopic (exact) mass is 656 g/mol. The van der Waals surface area contributed by atoms with E-state index in [1.165, 1.54) is 0 Å². The number of halogens is 1. The number of aromatic nitrogens is 1. The minimum atomic E-state index is -0.291. The standard InChI is InChI=1S/C31H32N2O6.HI/c1-19-7-6-12-32-29(19)31(35)33-24-17-22(13-20-8-10-25(36-2)27(15-20)38-4)30(34)23(18-24)14-21-9-11-26(37-3)28(16-21)39-5;/h6-16,24H,17-18H2,1-5H3,(H,33,35);1H/b22-13+,23-14+;. The molecule has 8 nitrogen and oxygen atoms in total. The first kappa shape index (κ1) is 30.7. The average Bonchev–Trinajstić information content (AvgIpc) is 2.95. The van der Waals surface area contributed by atoms with Crippen molar-refractivity contribution in [1.82, 2.24) is 5.32 Å². The molecule has 1 fully saturated rings. The number of ketones is 1. The van der Waals surface area contributed by atoms with E-state index in [0.717, 1.165) is 16.7 Å². The van der Waals surface area contributed by atoms with Crippen LogP contribution in [0.25, 0.3) is 12.2 Å². The van der Waals surface area contributed by atoms with Gasteiger partial charge in [0.2, 0.25) is 0 Å². The van der Waals surface area contributed by atoms with Crippen LogP contribution in [0.1, 0.15) is 40.0 Å². The van der Waals surface area contributed by atoms with Crippen molar-refractivity contribution in [2.24, 2.45) is 0 Å². The summed E-state index contributed by atoms with van der Waals surface area (Å²) in [5, 5.41) is 3.12. The molecular weight excluding hydrogens is 623 g/mol. The Bertz CT molecular complexity index is 1370. The van der Waals surface area contributed by atoms with E-state index in [0.29, 0.717) is 52.7 Å². The number of rotatable bonds is 8. The summed E-state index contributed by atoms with van der Waals surface area (Å²) < 4.78 is 21.6. The summed E-state index contributed by atoms with van der Waals surface area (Å²) in [6.45, 7) is 1.88. The first-order valence-corrected chi connectivity index (χ1v) is 12.5. The van der Waals surface area contributed by atoms with Gasteiger partial charge in [0.25, 0.3) is 5.69 Å². The van der Waals surface area contributed by atoms with Crippen molar-refractivity contribution in [3.8, 4) is 23.0 Å². The third-order valence-electron chi connectivity index (χ3n) is 6.64. The van der Waals surface area contributed by atoms with Crippen LogP contribution in [-0.2, 0) is 4.79 Å². The van der Waals surface area contributed by atoms with Gasteiger partial charge in [0.15, 0.2) is 35.0 Å². The number of Topliss-reactive ketones (excluding diaryl/α,β-unsaturated/α-hetero) is 1. The first-order chi connectivity index (χ1) is 18.9. The Kier molecular flexibility index (Phi) is 10.7. The smallest absolute Gasteiger partial charge is 0.316 e. The highest BCUT2D eigenvalue weighted by Crippen LogP contribution is 2.33. The van der Waals surface area contributed by atoms with Gasteiger partial charge in [-0.05, 0) is 73.4 Å². The predicted molar refractivity (Wildman–Crippen MR) is 148 cm³/mol. The molecule has 3 aromatic rings. The van der Waals surface area contributed by atoms with Crippen molar-refractivity contribution in [1.29, 1.82) is 0 Å². The lowest BCUT2D eigenvalue weighted by Gasteiger charge is -2.26. The Morgan fingerprint density at radius 2 is 1.32 bits per heavy atom. The van der Waals surface area contributed by atoms with Crippen molar-refractivity contribution in [3.05, 3.63) is 88.3 Å². The van der Waals surface area contributed by atoms with Gasteiger partial charge in [0.05, 0.1) is 28.4 Å². The van der Waals surface area contributed by atoms with Crippen LogP contribution < -0.4 is 53.2 Å². The van der Waals surface area contributed by atoms with Gasteiger partial charge in [-0.3, -0.25) is 9.59 Å². The number of carbonyl (C=O) groups excluding carboxylic acids is 2. The van der Waals surface area contributed by atoms with Crippen LogP contribution >= 0.6 is 0 Å². The molecule has 2 aromatic carbocycles. The molecule has 0 bridgehead atoms. The molecule has 4 rings (SSSR count). The fraction of sp³-hybridized carbons (Fsp3) is 0.258. The topological polar surface area (TPSA) is 97.2 Å². The molecule has 0 spiro atoms. The van der Waals surface area contributed by atoms with E-state index in [4.69, 9.17) is 18.9 Å². The van der Waals surface area contributed by atoms with Crippen molar-refractivity contribution in [2.45, 2.75) is 25.8 Å². The summed E-state index contributed by atoms with van der Waals surface area (Å²) in [5.41, 5.74) is 4.08. The lowest BCUT2D eigenvalue weighted by molar-refractivity contribution is -0.382. The largest absolute Gasteiger partial charge is 1.00 e. The highest BCUT2D eigenvalue weighted by molar-refractivity contribution is 6.14. The Labute approximate surface area is 251 Å². The normalized spacial score (nSPS) is 16.7. The Morgan fingerprint density at radius 1 is 0.825 bits per heavy atom. The van der Waals surface area contributed by atoms with E-state index in [1.807, 2.05) is 55.5 Å². The van der Waals surface area contributed by atoms with Crippen LogP contribution in [0.2, 0.25) is 0 Å². The van der Waals surface area contributed by atoms with Gasteiger partial charge in [-0.1, -0.05) is 12.1 Å². The molecule has 1 aliphatic rings. The van der Waals surface area contributed by atoms with E-state index >= 15 is 0 Å². The summed E-state index contributed by atoms with van der Waals surface area (Å²) in [6.07, 6.45) is 6.16. The van der Waals surface area contributed by atoms with Crippen LogP contribution in [0.15, 0.2) is 65.9 Å². The Hall–Kier alpha value is -3.86. The molecule has 1 aromatic heterocycles. The van der Waals surface area contributed by atoms with Gasteiger partial charge >= 0.3 is 5.91 Å². The number of amides is 1. The molecule has 0 saturated heterocycles. The molecule has 0 unspecified atom stereocenters. The molecule has 0 aliphatic heterocycles. The van der Waals surface area contributed by atoms with E-state index in [1.54, 1.807) is 46.8 Å². The zero-order chi connectivity index (χ0) is 27.9. The van der Waals surface area contributed by atoms with Gasteiger partial charge in [0, 0.05) is 28.8 Å². The van der Waals surface area contributed by atoms with Crippen LogP contribution in [-0.4, -0.2) is 46.2 Å². The molecular formula is C31H33IN2O6. The Balaban J connectivity index is 0.00000441. The summed E-state index contributed by atoms with van der Waals surface area (Å²) >= 11 is 0. The number of ether oxygens (including phenoxy) is 4. The number of aryl methyl sites for hydroxylation is 1. The van der Waals surface area contributed by atoms with Crippen molar-refractivity contribution >= 4 is 23.8 Å². The quantitative estimate of drug-likeness (QED) is 0.292. The van der Waals surface area contributed by atoms with E-state index in [2.05, 4.69) is 10.3 Å². The molecule has 1 heterocycles. The van der Waals surface area contributed by atoms with Crippen LogP contribution in [0.4, 0.5) is 0 Å². The third kappa shape index (κ3) is 7.01. The lowest BCUT2D eigenvalue weighted by atomic mass is 9.83. The minimum Gasteiger partial charge on any atom is -1.00 e. The Morgan fingerprint density at radius 3 is 1.77 bits per heavy atom. The molecule has 40 heavy (non-hydrogen) atoms. The zero-order valence-corrected chi connectivity index (χ0v) is 25.3. The average molecular weight is 657 g/mol. The molecule has 0 radical (unpaired) electrons.